The van der Waals surface area contributed by atoms with Crippen molar-refractivity contribution in [3.8, 4) is 0 Å². The van der Waals surface area contributed by atoms with E-state index in [4.69, 9.17) is 24.4 Å². The van der Waals surface area contributed by atoms with Crippen LogP contribution < -0.4 is 0 Å². The van der Waals surface area contributed by atoms with Gasteiger partial charge in [-0.3, -0.25) is 0 Å². The fraction of sp³-hybridized carbons (Fsp3) is 0.938. The lowest BCUT2D eigenvalue weighted by atomic mass is 9.83. The lowest BCUT2D eigenvalue weighted by molar-refractivity contribution is 0.312. The molecule has 0 rings (SSSR count). The molecule has 2 nitrogen and oxygen atoms in total. The van der Waals surface area contributed by atoms with Gasteiger partial charge in [-0.15, -0.1) is 0 Å². The van der Waals surface area contributed by atoms with Gasteiger partial charge >= 0.3 is 0 Å². The van der Waals surface area contributed by atoms with E-state index in [2.05, 4.69) is 27.7 Å². The first kappa shape index (κ1) is 35.8. The second-order valence-corrected chi connectivity index (χ2v) is 12.6. The van der Waals surface area contributed by atoms with Gasteiger partial charge < -0.3 is 10.2 Å². The molecule has 214 valence electrons. The van der Waals surface area contributed by atoms with Gasteiger partial charge in [0, 0.05) is 12.8 Å². The third-order valence-corrected chi connectivity index (χ3v) is 8.56. The van der Waals surface area contributed by atoms with E-state index in [0.717, 1.165) is 37.5 Å². The van der Waals surface area contributed by atoms with Crippen LogP contribution in [0.1, 0.15) is 169 Å². The van der Waals surface area contributed by atoms with Crippen molar-refractivity contribution in [2.75, 3.05) is 0 Å². The lowest BCUT2D eigenvalue weighted by Gasteiger charge is -2.23. The maximum Gasteiger partial charge on any atom is 0.156 e. The Morgan fingerprint density at radius 1 is 0.417 bits per heavy atom. The molecule has 2 atom stereocenters. The van der Waals surface area contributed by atoms with E-state index in [9.17, 15) is 10.2 Å². The zero-order valence-electron chi connectivity index (χ0n) is 24.6. The summed E-state index contributed by atoms with van der Waals surface area (Å²) in [5, 5.41) is 20.1. The van der Waals surface area contributed by atoms with Gasteiger partial charge in [-0.05, 0) is 73.8 Å². The third-order valence-electron chi connectivity index (χ3n) is 8.22. The van der Waals surface area contributed by atoms with Crippen LogP contribution >= 0.6 is 24.4 Å². The fourth-order valence-corrected chi connectivity index (χ4v) is 6.36. The number of aliphatic hydroxyl groups excluding tert-OH is 2. The number of hydrogen-bond donors (Lipinski definition) is 2. The molecule has 0 saturated heterocycles. The molecule has 0 amide bonds. The molecule has 0 aliphatic rings. The molecule has 0 aliphatic carbocycles. The summed E-state index contributed by atoms with van der Waals surface area (Å²) in [4.78, 5) is 0. The van der Waals surface area contributed by atoms with Crippen LogP contribution in [0.4, 0.5) is 0 Å². The summed E-state index contributed by atoms with van der Waals surface area (Å²) in [5.74, 6) is 2.63. The van der Waals surface area contributed by atoms with Crippen molar-refractivity contribution in [3.63, 3.8) is 0 Å². The highest BCUT2D eigenvalue weighted by molar-refractivity contribution is 7.80. The van der Waals surface area contributed by atoms with Crippen molar-refractivity contribution in [2.24, 2.45) is 23.7 Å². The van der Waals surface area contributed by atoms with Crippen LogP contribution in [0.25, 0.3) is 0 Å². The highest BCUT2D eigenvalue weighted by atomic mass is 32.1. The summed E-state index contributed by atoms with van der Waals surface area (Å²) in [6.07, 6.45) is 26.9. The van der Waals surface area contributed by atoms with Crippen LogP contribution in [0, 0.1) is 23.7 Å². The molecule has 2 unspecified atom stereocenters. The maximum atomic E-state index is 9.89. The Bertz CT molecular complexity index is 460. The summed E-state index contributed by atoms with van der Waals surface area (Å²) < 4.78 is 0. The minimum Gasteiger partial charge on any atom is -0.502 e. The van der Waals surface area contributed by atoms with Crippen molar-refractivity contribution in [1.82, 2.24) is 0 Å². The van der Waals surface area contributed by atoms with E-state index < -0.39 is 0 Å². The minimum atomic E-state index is 0.164. The first-order valence-corrected chi connectivity index (χ1v) is 16.6. The number of hydrogen-bond acceptors (Lipinski definition) is 2. The van der Waals surface area contributed by atoms with Crippen molar-refractivity contribution in [1.29, 1.82) is 0 Å². The molecule has 4 heteroatoms. The standard InChI is InChI=1S/C32H62O2S2/c1-5-9-15-27(16-10-6-2)19-13-21-29(25-31(33)35)23-24-30(26-32(34)36)22-14-20-28(17-11-7-3)18-12-8-4/h27-30H,5-26H2,1-4H3,(H,33,35)(H,34,36). The quantitative estimate of drug-likeness (QED) is 0.101. The normalized spacial score (nSPS) is 13.4. The molecule has 0 fully saturated rings. The Kier molecular flexibility index (Phi) is 24.9. The van der Waals surface area contributed by atoms with Gasteiger partial charge in [0.15, 0.2) is 10.1 Å². The van der Waals surface area contributed by atoms with E-state index in [1.165, 1.54) is 103 Å². The minimum absolute atomic E-state index is 0.164. The fourth-order valence-electron chi connectivity index (χ4n) is 5.89. The first-order chi connectivity index (χ1) is 17.4. The van der Waals surface area contributed by atoms with Crippen molar-refractivity contribution in [2.45, 2.75) is 169 Å². The first-order valence-electron chi connectivity index (χ1n) is 15.8. The average molecular weight is 543 g/mol. The lowest BCUT2D eigenvalue weighted by Crippen LogP contribution is -2.13. The Hall–Kier alpha value is -0.220. The van der Waals surface area contributed by atoms with Gasteiger partial charge in [0.25, 0.3) is 0 Å². The molecule has 0 aliphatic heterocycles. The zero-order chi connectivity index (χ0) is 27.0. The van der Waals surface area contributed by atoms with E-state index in [-0.39, 0.29) is 10.1 Å². The van der Waals surface area contributed by atoms with Gasteiger partial charge in [0.05, 0.1) is 0 Å². The smallest absolute Gasteiger partial charge is 0.156 e. The molecule has 0 heterocycles. The van der Waals surface area contributed by atoms with Crippen molar-refractivity contribution >= 4 is 34.5 Å². The van der Waals surface area contributed by atoms with Crippen LogP contribution in [0.2, 0.25) is 0 Å². The number of rotatable bonds is 27. The Labute approximate surface area is 236 Å². The molecule has 0 saturated carbocycles. The number of aliphatic hydroxyl groups is 2. The predicted octanol–water partition coefficient (Wildman–Crippen LogP) is 11.9. The van der Waals surface area contributed by atoms with Gasteiger partial charge in [-0.25, -0.2) is 0 Å². The van der Waals surface area contributed by atoms with E-state index >= 15 is 0 Å². The molecule has 36 heavy (non-hydrogen) atoms. The second kappa shape index (κ2) is 25.1. The maximum absolute atomic E-state index is 9.89. The molecule has 2 N–H and O–H groups in total. The van der Waals surface area contributed by atoms with Crippen LogP contribution in [0.3, 0.4) is 0 Å². The van der Waals surface area contributed by atoms with Crippen LogP contribution in [-0.4, -0.2) is 20.3 Å². The van der Waals surface area contributed by atoms with Gasteiger partial charge in [0.2, 0.25) is 0 Å². The summed E-state index contributed by atoms with van der Waals surface area (Å²) in [5.41, 5.74) is 0. The number of thiocarbonyl (C=S) groups is 2. The van der Waals surface area contributed by atoms with Crippen molar-refractivity contribution < 1.29 is 10.2 Å². The van der Waals surface area contributed by atoms with E-state index in [0.29, 0.717) is 24.7 Å². The summed E-state index contributed by atoms with van der Waals surface area (Å²) in [7, 11) is 0. The topological polar surface area (TPSA) is 40.5 Å². The Morgan fingerprint density at radius 2 is 0.667 bits per heavy atom. The van der Waals surface area contributed by atoms with Gasteiger partial charge in [-0.1, -0.05) is 130 Å². The molecule has 0 spiro atoms. The van der Waals surface area contributed by atoms with E-state index in [1.54, 1.807) is 0 Å². The highest BCUT2D eigenvalue weighted by Gasteiger charge is 2.18. The Balaban J connectivity index is 4.77. The van der Waals surface area contributed by atoms with Crippen LogP contribution in [-0.2, 0) is 0 Å². The van der Waals surface area contributed by atoms with Crippen molar-refractivity contribution in [3.05, 3.63) is 0 Å². The predicted molar refractivity (Wildman–Crippen MR) is 169 cm³/mol. The van der Waals surface area contributed by atoms with Gasteiger partial charge in [-0.2, -0.15) is 0 Å². The monoisotopic (exact) mass is 542 g/mol. The molecular weight excluding hydrogens is 480 g/mol. The highest BCUT2D eigenvalue weighted by Crippen LogP contribution is 2.30. The van der Waals surface area contributed by atoms with Gasteiger partial charge in [0.1, 0.15) is 0 Å². The molecule has 0 bridgehead atoms. The summed E-state index contributed by atoms with van der Waals surface area (Å²) in [6, 6.07) is 0. The zero-order valence-corrected chi connectivity index (χ0v) is 26.2. The molecule has 0 aromatic rings. The molecule has 0 aromatic heterocycles. The number of unbranched alkanes of at least 4 members (excludes halogenated alkanes) is 4. The Morgan fingerprint density at radius 3 is 0.917 bits per heavy atom. The average Bonchev–Trinajstić information content (AvgIpc) is 2.83. The SMILES string of the molecule is CCCCC(CCCC)CCCC(CCC(CCCC(CCCC)CCCC)CC(O)=S)CC(O)=S. The molecule has 0 aromatic carbocycles. The third kappa shape index (κ3) is 21.8. The summed E-state index contributed by atoms with van der Waals surface area (Å²) >= 11 is 10.2. The summed E-state index contributed by atoms with van der Waals surface area (Å²) in [6.45, 7) is 9.17. The molecular formula is C32H62O2S2. The van der Waals surface area contributed by atoms with Crippen LogP contribution in [0.5, 0.6) is 0 Å². The largest absolute Gasteiger partial charge is 0.502 e. The van der Waals surface area contributed by atoms with Crippen LogP contribution in [0.15, 0.2) is 0 Å². The molecule has 0 radical (unpaired) electrons. The second-order valence-electron chi connectivity index (χ2n) is 11.7. The van der Waals surface area contributed by atoms with E-state index in [1.807, 2.05) is 0 Å².